The number of nitrogens with zero attached hydrogens (tertiary/aromatic N) is 1. The van der Waals surface area contributed by atoms with Gasteiger partial charge in [0.25, 0.3) is 0 Å². The van der Waals surface area contributed by atoms with Crippen LogP contribution in [0.25, 0.3) is 0 Å². The first-order valence-corrected chi connectivity index (χ1v) is 5.28. The van der Waals surface area contributed by atoms with Crippen molar-refractivity contribution in [3.8, 4) is 5.75 Å². The van der Waals surface area contributed by atoms with Crippen molar-refractivity contribution in [2.75, 3.05) is 27.7 Å². The van der Waals surface area contributed by atoms with Crippen molar-refractivity contribution in [3.05, 3.63) is 29.3 Å². The van der Waals surface area contributed by atoms with Gasteiger partial charge in [0.2, 0.25) is 0 Å². The molecule has 0 saturated carbocycles. The molecule has 0 unspecified atom stereocenters. The Balaban J connectivity index is 3.00. The summed E-state index contributed by atoms with van der Waals surface area (Å²) in [4.78, 5) is 2.05. The Morgan fingerprint density at radius 3 is 2.62 bits per heavy atom. The van der Waals surface area contributed by atoms with Gasteiger partial charge in [0, 0.05) is 18.7 Å². The SMILES string of the molecule is COc1ccc([C@H](O)CN)cc1CN(C)C. The lowest BCUT2D eigenvalue weighted by Gasteiger charge is -2.16. The molecule has 4 nitrogen and oxygen atoms in total. The summed E-state index contributed by atoms with van der Waals surface area (Å²) in [6.07, 6.45) is -0.605. The molecular weight excluding hydrogens is 204 g/mol. The van der Waals surface area contributed by atoms with Gasteiger partial charge in [-0.05, 0) is 31.8 Å². The van der Waals surface area contributed by atoms with Crippen LogP contribution in [0.4, 0.5) is 0 Å². The second-order valence-corrected chi connectivity index (χ2v) is 4.06. The van der Waals surface area contributed by atoms with Crippen molar-refractivity contribution in [3.63, 3.8) is 0 Å². The third kappa shape index (κ3) is 3.20. The van der Waals surface area contributed by atoms with Crippen molar-refractivity contribution in [2.24, 2.45) is 5.73 Å². The molecule has 0 heterocycles. The number of rotatable bonds is 5. The first-order valence-electron chi connectivity index (χ1n) is 5.28. The Hall–Kier alpha value is -1.10. The van der Waals surface area contributed by atoms with Crippen molar-refractivity contribution < 1.29 is 9.84 Å². The summed E-state index contributed by atoms with van der Waals surface area (Å²) in [6.45, 7) is 1.00. The largest absolute Gasteiger partial charge is 0.496 e. The molecule has 16 heavy (non-hydrogen) atoms. The van der Waals surface area contributed by atoms with Crippen LogP contribution in [-0.2, 0) is 6.54 Å². The lowest BCUT2D eigenvalue weighted by Crippen LogP contribution is -2.14. The number of benzene rings is 1. The third-order valence-corrected chi connectivity index (χ3v) is 2.40. The zero-order chi connectivity index (χ0) is 12.1. The first-order chi connectivity index (χ1) is 7.58. The van der Waals surface area contributed by atoms with E-state index < -0.39 is 6.10 Å². The summed E-state index contributed by atoms with van der Waals surface area (Å²) in [5.74, 6) is 0.835. The highest BCUT2D eigenvalue weighted by molar-refractivity contribution is 5.38. The Labute approximate surface area is 96.6 Å². The lowest BCUT2D eigenvalue weighted by molar-refractivity contribution is 0.186. The van der Waals surface area contributed by atoms with E-state index in [0.29, 0.717) is 0 Å². The van der Waals surface area contributed by atoms with Crippen molar-refractivity contribution >= 4 is 0 Å². The average Bonchev–Trinajstić information content (AvgIpc) is 2.27. The predicted molar refractivity (Wildman–Crippen MR) is 64.4 cm³/mol. The maximum atomic E-state index is 9.67. The van der Waals surface area contributed by atoms with Gasteiger partial charge in [-0.1, -0.05) is 6.07 Å². The van der Waals surface area contributed by atoms with Gasteiger partial charge in [-0.3, -0.25) is 0 Å². The zero-order valence-corrected chi connectivity index (χ0v) is 10.1. The quantitative estimate of drug-likeness (QED) is 0.775. The molecule has 1 aromatic carbocycles. The molecule has 0 spiro atoms. The molecule has 4 heteroatoms. The number of aliphatic hydroxyl groups is 1. The number of methoxy groups -OCH3 is 1. The van der Waals surface area contributed by atoms with E-state index in [0.717, 1.165) is 23.4 Å². The van der Waals surface area contributed by atoms with Crippen molar-refractivity contribution in [1.29, 1.82) is 0 Å². The highest BCUT2D eigenvalue weighted by Gasteiger charge is 2.10. The van der Waals surface area contributed by atoms with Crippen LogP contribution in [0.2, 0.25) is 0 Å². The van der Waals surface area contributed by atoms with Crippen LogP contribution >= 0.6 is 0 Å². The summed E-state index contributed by atoms with van der Waals surface area (Å²) in [5, 5.41) is 9.67. The molecule has 0 aromatic heterocycles. The molecule has 0 aliphatic heterocycles. The molecular formula is C12H20N2O2. The number of ether oxygens (including phenoxy) is 1. The lowest BCUT2D eigenvalue weighted by atomic mass is 10.0. The monoisotopic (exact) mass is 224 g/mol. The Morgan fingerprint density at radius 1 is 1.44 bits per heavy atom. The minimum Gasteiger partial charge on any atom is -0.496 e. The van der Waals surface area contributed by atoms with Gasteiger partial charge in [0.15, 0.2) is 0 Å². The highest BCUT2D eigenvalue weighted by atomic mass is 16.5. The minimum absolute atomic E-state index is 0.230. The van der Waals surface area contributed by atoms with E-state index in [1.807, 2.05) is 32.3 Å². The van der Waals surface area contributed by atoms with Crippen LogP contribution in [0.1, 0.15) is 17.2 Å². The normalized spacial score (nSPS) is 12.9. The number of nitrogens with two attached hydrogens (primary N) is 1. The van der Waals surface area contributed by atoms with Crippen LogP contribution in [0, 0.1) is 0 Å². The molecule has 0 saturated heterocycles. The van der Waals surface area contributed by atoms with E-state index in [4.69, 9.17) is 10.5 Å². The number of hydrogen-bond donors (Lipinski definition) is 2. The molecule has 0 aliphatic carbocycles. The maximum absolute atomic E-state index is 9.67. The van der Waals surface area contributed by atoms with Gasteiger partial charge in [0.05, 0.1) is 13.2 Å². The van der Waals surface area contributed by atoms with Gasteiger partial charge in [-0.2, -0.15) is 0 Å². The molecule has 3 N–H and O–H groups in total. The van der Waals surface area contributed by atoms with Gasteiger partial charge in [-0.15, -0.1) is 0 Å². The van der Waals surface area contributed by atoms with E-state index in [1.165, 1.54) is 0 Å². The van der Waals surface area contributed by atoms with Crippen molar-refractivity contribution in [1.82, 2.24) is 4.90 Å². The Bertz CT molecular complexity index is 340. The molecule has 1 rings (SSSR count). The van der Waals surface area contributed by atoms with Crippen LogP contribution in [0.15, 0.2) is 18.2 Å². The fourth-order valence-corrected chi connectivity index (χ4v) is 1.61. The molecule has 90 valence electrons. The molecule has 0 bridgehead atoms. The van der Waals surface area contributed by atoms with E-state index in [2.05, 4.69) is 4.90 Å². The Kier molecular flexibility index (Phi) is 4.73. The highest BCUT2D eigenvalue weighted by Crippen LogP contribution is 2.23. The summed E-state index contributed by atoms with van der Waals surface area (Å²) in [6, 6.07) is 5.65. The van der Waals surface area contributed by atoms with Crippen LogP contribution < -0.4 is 10.5 Å². The molecule has 0 fully saturated rings. The topological polar surface area (TPSA) is 58.7 Å². The van der Waals surface area contributed by atoms with Gasteiger partial charge >= 0.3 is 0 Å². The summed E-state index contributed by atoms with van der Waals surface area (Å²) in [5.41, 5.74) is 7.32. The predicted octanol–water partition coefficient (Wildman–Crippen LogP) is 0.749. The molecule has 0 aliphatic rings. The maximum Gasteiger partial charge on any atom is 0.123 e. The minimum atomic E-state index is -0.605. The van der Waals surface area contributed by atoms with Crippen LogP contribution in [-0.4, -0.2) is 37.8 Å². The standard InChI is InChI=1S/C12H20N2O2/c1-14(2)8-10-6-9(11(15)7-13)4-5-12(10)16-3/h4-6,11,15H,7-8,13H2,1-3H3/t11-/m1/s1. The van der Waals surface area contributed by atoms with Gasteiger partial charge in [0.1, 0.15) is 5.75 Å². The molecule has 0 radical (unpaired) electrons. The van der Waals surface area contributed by atoms with Gasteiger partial charge in [-0.25, -0.2) is 0 Å². The zero-order valence-electron chi connectivity index (χ0n) is 10.1. The number of aliphatic hydroxyl groups excluding tert-OH is 1. The fraction of sp³-hybridized carbons (Fsp3) is 0.500. The van der Waals surface area contributed by atoms with Crippen LogP contribution in [0.3, 0.4) is 0 Å². The summed E-state index contributed by atoms with van der Waals surface area (Å²) in [7, 11) is 5.63. The van der Waals surface area contributed by atoms with Gasteiger partial charge < -0.3 is 20.5 Å². The van der Waals surface area contributed by atoms with E-state index >= 15 is 0 Å². The van der Waals surface area contributed by atoms with Crippen LogP contribution in [0.5, 0.6) is 5.75 Å². The molecule has 1 atom stereocenters. The van der Waals surface area contributed by atoms with E-state index in [1.54, 1.807) is 7.11 Å². The average molecular weight is 224 g/mol. The molecule has 1 aromatic rings. The van der Waals surface area contributed by atoms with Crippen molar-refractivity contribution in [2.45, 2.75) is 12.6 Å². The first kappa shape index (κ1) is 13.0. The smallest absolute Gasteiger partial charge is 0.123 e. The second kappa shape index (κ2) is 5.84. The molecule has 0 amide bonds. The van der Waals surface area contributed by atoms with E-state index in [-0.39, 0.29) is 6.54 Å². The Morgan fingerprint density at radius 2 is 2.12 bits per heavy atom. The number of hydrogen-bond acceptors (Lipinski definition) is 4. The summed E-state index contributed by atoms with van der Waals surface area (Å²) >= 11 is 0. The summed E-state index contributed by atoms with van der Waals surface area (Å²) < 4.78 is 5.28. The third-order valence-electron chi connectivity index (χ3n) is 2.40. The fourth-order valence-electron chi connectivity index (χ4n) is 1.61. The van der Waals surface area contributed by atoms with E-state index in [9.17, 15) is 5.11 Å². The second-order valence-electron chi connectivity index (χ2n) is 4.06.